The number of aromatic nitrogens is 2. The second-order valence-electron chi connectivity index (χ2n) is 6.21. The highest BCUT2D eigenvalue weighted by Gasteiger charge is 2.31. The maximum absolute atomic E-state index is 15.4. The molecular formula is C19H16F4N4O2S. The van der Waals surface area contributed by atoms with Gasteiger partial charge in [0.15, 0.2) is 5.82 Å². The van der Waals surface area contributed by atoms with Gasteiger partial charge in [-0.05, 0) is 17.7 Å². The number of hydrogen-bond donors (Lipinski definition) is 2. The molecule has 0 aliphatic rings. The number of nitrogens with two attached hydrogens (primary N) is 1. The Balaban J connectivity index is 2.23. The summed E-state index contributed by atoms with van der Waals surface area (Å²) in [6.45, 7) is 1.51. The van der Waals surface area contributed by atoms with E-state index in [9.17, 15) is 21.6 Å². The summed E-state index contributed by atoms with van der Waals surface area (Å²) in [4.78, 5) is 6.85. The van der Waals surface area contributed by atoms with Crippen molar-refractivity contribution in [3.63, 3.8) is 0 Å². The predicted molar refractivity (Wildman–Crippen MR) is 103 cm³/mol. The fraction of sp³-hybridized carbons (Fsp3) is 0.158. The first-order chi connectivity index (χ1) is 14.0. The second kappa shape index (κ2) is 8.00. The number of nitrogens with zero attached hydrogens (tertiary/aromatic N) is 2. The van der Waals surface area contributed by atoms with E-state index < -0.39 is 32.5 Å². The Bertz CT molecular complexity index is 1160. The Labute approximate surface area is 169 Å². The van der Waals surface area contributed by atoms with Crippen molar-refractivity contribution in [2.24, 2.45) is 0 Å². The standard InChI is InChI=1S/C19H16F4N4O2S/c1-2-27-30(28,29)17-15(11-3-5-13(6-4-11)19(21,22)23)8-7-14(16(17)20)12-9-25-18(24)26-10-12/h3-10,27H,2H2,1H3,(H2,24,25,26). The van der Waals surface area contributed by atoms with Gasteiger partial charge in [-0.2, -0.15) is 13.2 Å². The van der Waals surface area contributed by atoms with Crippen molar-refractivity contribution < 1.29 is 26.0 Å². The van der Waals surface area contributed by atoms with Crippen LogP contribution in [0.2, 0.25) is 0 Å². The Morgan fingerprint density at radius 1 is 0.967 bits per heavy atom. The molecule has 1 aromatic heterocycles. The fourth-order valence-electron chi connectivity index (χ4n) is 2.85. The van der Waals surface area contributed by atoms with E-state index in [0.29, 0.717) is 0 Å². The fourth-order valence-corrected chi connectivity index (χ4v) is 4.19. The topological polar surface area (TPSA) is 98.0 Å². The second-order valence-corrected chi connectivity index (χ2v) is 7.91. The van der Waals surface area contributed by atoms with E-state index in [1.54, 1.807) is 0 Å². The average molecular weight is 440 g/mol. The van der Waals surface area contributed by atoms with Crippen LogP contribution in [0.5, 0.6) is 0 Å². The molecule has 0 radical (unpaired) electrons. The van der Waals surface area contributed by atoms with Crippen LogP contribution in [0.3, 0.4) is 0 Å². The zero-order chi connectivity index (χ0) is 22.1. The first kappa shape index (κ1) is 21.7. The molecule has 3 rings (SSSR count). The molecule has 0 aliphatic heterocycles. The molecule has 0 fully saturated rings. The number of halogens is 4. The van der Waals surface area contributed by atoms with Gasteiger partial charge in [0.25, 0.3) is 0 Å². The van der Waals surface area contributed by atoms with E-state index in [1.165, 1.54) is 31.5 Å². The number of alkyl halides is 3. The van der Waals surface area contributed by atoms with Crippen molar-refractivity contribution in [3.05, 3.63) is 60.2 Å². The summed E-state index contributed by atoms with van der Waals surface area (Å²) in [5.41, 5.74) is 4.64. The molecule has 0 unspecified atom stereocenters. The van der Waals surface area contributed by atoms with Gasteiger partial charge in [0.05, 0.1) is 5.56 Å². The molecule has 0 saturated carbocycles. The summed E-state index contributed by atoms with van der Waals surface area (Å²) >= 11 is 0. The monoisotopic (exact) mass is 440 g/mol. The maximum Gasteiger partial charge on any atom is 0.416 e. The Morgan fingerprint density at radius 3 is 2.07 bits per heavy atom. The Morgan fingerprint density at radius 2 is 1.53 bits per heavy atom. The van der Waals surface area contributed by atoms with Crippen LogP contribution < -0.4 is 10.5 Å². The highest BCUT2D eigenvalue weighted by Crippen LogP contribution is 2.36. The molecule has 1 heterocycles. The molecule has 0 spiro atoms. The number of nitrogens with one attached hydrogen (secondary N) is 1. The zero-order valence-corrected chi connectivity index (χ0v) is 16.4. The minimum Gasteiger partial charge on any atom is -0.368 e. The van der Waals surface area contributed by atoms with Gasteiger partial charge in [0, 0.05) is 35.6 Å². The summed E-state index contributed by atoms with van der Waals surface area (Å²) in [5, 5.41) is 0. The van der Waals surface area contributed by atoms with Crippen molar-refractivity contribution in [1.29, 1.82) is 0 Å². The molecule has 0 aliphatic carbocycles. The van der Waals surface area contributed by atoms with Gasteiger partial charge in [-0.25, -0.2) is 27.5 Å². The molecule has 3 N–H and O–H groups in total. The lowest BCUT2D eigenvalue weighted by Crippen LogP contribution is -2.25. The lowest BCUT2D eigenvalue weighted by atomic mass is 10.00. The smallest absolute Gasteiger partial charge is 0.368 e. The van der Waals surface area contributed by atoms with Crippen LogP contribution in [0.1, 0.15) is 12.5 Å². The maximum atomic E-state index is 15.4. The summed E-state index contributed by atoms with van der Waals surface area (Å²) in [5.74, 6) is -1.12. The van der Waals surface area contributed by atoms with E-state index in [2.05, 4.69) is 14.7 Å². The molecule has 11 heteroatoms. The summed E-state index contributed by atoms with van der Waals surface area (Å²) < 4.78 is 81.6. The molecule has 0 amide bonds. The number of benzene rings is 2. The molecule has 158 valence electrons. The van der Waals surface area contributed by atoms with Gasteiger partial charge in [0.1, 0.15) is 4.90 Å². The van der Waals surface area contributed by atoms with E-state index >= 15 is 4.39 Å². The van der Waals surface area contributed by atoms with Crippen LogP contribution in [0.15, 0.2) is 53.7 Å². The van der Waals surface area contributed by atoms with E-state index in [0.717, 1.165) is 24.3 Å². The highest BCUT2D eigenvalue weighted by molar-refractivity contribution is 7.89. The van der Waals surface area contributed by atoms with Gasteiger partial charge >= 0.3 is 6.18 Å². The first-order valence-corrected chi connectivity index (χ1v) is 10.1. The zero-order valence-electron chi connectivity index (χ0n) is 15.5. The van der Waals surface area contributed by atoms with Gasteiger partial charge in [-0.1, -0.05) is 31.2 Å². The third-order valence-electron chi connectivity index (χ3n) is 4.21. The van der Waals surface area contributed by atoms with Crippen LogP contribution in [0.25, 0.3) is 22.3 Å². The van der Waals surface area contributed by atoms with E-state index in [4.69, 9.17) is 5.73 Å². The van der Waals surface area contributed by atoms with Crippen LogP contribution >= 0.6 is 0 Å². The van der Waals surface area contributed by atoms with Crippen molar-refractivity contribution in [3.8, 4) is 22.3 Å². The number of anilines is 1. The van der Waals surface area contributed by atoms with Gasteiger partial charge in [-0.15, -0.1) is 0 Å². The van der Waals surface area contributed by atoms with Gasteiger partial charge in [0.2, 0.25) is 16.0 Å². The molecule has 3 aromatic rings. The quantitative estimate of drug-likeness (QED) is 0.588. The number of hydrogen-bond acceptors (Lipinski definition) is 5. The molecule has 0 atom stereocenters. The lowest BCUT2D eigenvalue weighted by molar-refractivity contribution is -0.137. The average Bonchev–Trinajstić information content (AvgIpc) is 2.68. The lowest BCUT2D eigenvalue weighted by Gasteiger charge is -2.15. The molecular weight excluding hydrogens is 424 g/mol. The largest absolute Gasteiger partial charge is 0.416 e. The molecule has 0 saturated heterocycles. The van der Waals surface area contributed by atoms with Crippen molar-refractivity contribution in [1.82, 2.24) is 14.7 Å². The number of nitrogen functional groups attached to an aromatic ring is 1. The highest BCUT2D eigenvalue weighted by atomic mass is 32.2. The van der Waals surface area contributed by atoms with E-state index in [-0.39, 0.29) is 34.7 Å². The molecule has 2 aromatic carbocycles. The minimum atomic E-state index is -4.55. The SMILES string of the molecule is CCNS(=O)(=O)c1c(-c2ccc(C(F)(F)F)cc2)ccc(-c2cnc(N)nc2)c1F. The summed E-state index contributed by atoms with van der Waals surface area (Å²) in [6.07, 6.45) is -2.08. The number of rotatable bonds is 5. The van der Waals surface area contributed by atoms with Crippen LogP contribution in [0.4, 0.5) is 23.5 Å². The Hall–Kier alpha value is -3.05. The third-order valence-corrected chi connectivity index (χ3v) is 5.81. The summed E-state index contributed by atoms with van der Waals surface area (Å²) in [7, 11) is -4.31. The number of sulfonamides is 1. The van der Waals surface area contributed by atoms with Gasteiger partial charge < -0.3 is 5.73 Å². The normalized spacial score (nSPS) is 12.2. The first-order valence-electron chi connectivity index (χ1n) is 8.62. The van der Waals surface area contributed by atoms with Crippen molar-refractivity contribution in [2.45, 2.75) is 18.0 Å². The van der Waals surface area contributed by atoms with Crippen LogP contribution in [-0.2, 0) is 16.2 Å². The van der Waals surface area contributed by atoms with Crippen LogP contribution in [0, 0.1) is 5.82 Å². The summed E-state index contributed by atoms with van der Waals surface area (Å²) in [6, 6.07) is 6.42. The van der Waals surface area contributed by atoms with Gasteiger partial charge in [-0.3, -0.25) is 0 Å². The van der Waals surface area contributed by atoms with Crippen LogP contribution in [-0.4, -0.2) is 24.9 Å². The van der Waals surface area contributed by atoms with E-state index in [1.807, 2.05) is 0 Å². The van der Waals surface area contributed by atoms with Crippen molar-refractivity contribution in [2.75, 3.05) is 12.3 Å². The molecule has 30 heavy (non-hydrogen) atoms. The van der Waals surface area contributed by atoms with Crippen molar-refractivity contribution >= 4 is 16.0 Å². The third kappa shape index (κ3) is 4.26. The Kier molecular flexibility index (Phi) is 5.77. The minimum absolute atomic E-state index is 0.0105. The molecule has 0 bridgehead atoms. The molecule has 6 nitrogen and oxygen atoms in total. The predicted octanol–water partition coefficient (Wildman–Crippen LogP) is 3.85.